The normalized spacial score (nSPS) is 14.8. The molecule has 2 heterocycles. The summed E-state index contributed by atoms with van der Waals surface area (Å²) in [6.07, 6.45) is 2.59. The Bertz CT molecular complexity index is 535. The first kappa shape index (κ1) is 12.2. The highest BCUT2D eigenvalue weighted by Gasteiger charge is 2.30. The number of nitrogens with zero attached hydrogens (tertiary/aromatic N) is 2. The maximum atomic E-state index is 4.70. The van der Waals surface area contributed by atoms with E-state index in [0.717, 1.165) is 22.5 Å². The van der Waals surface area contributed by atoms with Gasteiger partial charge in [0, 0.05) is 15.4 Å². The molecule has 2 aromatic rings. The minimum absolute atomic E-state index is 0.681. The van der Waals surface area contributed by atoms with Crippen LogP contribution in [0.5, 0.6) is 0 Å². The van der Waals surface area contributed by atoms with Crippen LogP contribution in [0.3, 0.4) is 0 Å². The minimum atomic E-state index is 0.681. The molecule has 0 amide bonds. The van der Waals surface area contributed by atoms with E-state index >= 15 is 0 Å². The van der Waals surface area contributed by atoms with E-state index in [0.29, 0.717) is 6.04 Å². The van der Waals surface area contributed by atoms with Crippen LogP contribution in [0.15, 0.2) is 34.1 Å². The highest BCUT2D eigenvalue weighted by atomic mass is 79.9. The van der Waals surface area contributed by atoms with Crippen LogP contribution in [0, 0.1) is 6.92 Å². The highest BCUT2D eigenvalue weighted by Crippen LogP contribution is 2.33. The van der Waals surface area contributed by atoms with Crippen molar-refractivity contribution in [2.24, 2.45) is 0 Å². The second-order valence-corrected chi connectivity index (χ2v) is 6.56. The minimum Gasteiger partial charge on any atom is -0.348 e. The third-order valence-electron chi connectivity index (χ3n) is 3.19. The zero-order valence-electron chi connectivity index (χ0n) is 10.3. The van der Waals surface area contributed by atoms with Crippen molar-refractivity contribution >= 4 is 33.1 Å². The molecule has 0 aliphatic heterocycles. The lowest BCUT2D eigenvalue weighted by molar-refractivity contribution is 0.783. The average molecular weight is 323 g/mol. The van der Waals surface area contributed by atoms with Crippen LogP contribution in [0.25, 0.3) is 0 Å². The molecular weight excluding hydrogens is 308 g/mol. The molecule has 0 atom stereocenters. The van der Waals surface area contributed by atoms with E-state index in [-0.39, 0.29) is 0 Å². The first-order valence-corrected chi connectivity index (χ1v) is 7.83. The first-order chi connectivity index (χ1) is 8.74. The number of rotatable bonds is 4. The van der Waals surface area contributed by atoms with Crippen LogP contribution in [0.2, 0.25) is 0 Å². The molecule has 0 radical (unpaired) electrons. The quantitative estimate of drug-likeness (QED) is 0.830. The number of aromatic nitrogens is 1. The summed E-state index contributed by atoms with van der Waals surface area (Å²) >= 11 is 5.33. The van der Waals surface area contributed by atoms with Gasteiger partial charge in [0.25, 0.3) is 0 Å². The Kier molecular flexibility index (Phi) is 3.39. The second kappa shape index (κ2) is 5.02. The molecule has 0 aromatic carbocycles. The summed E-state index contributed by atoms with van der Waals surface area (Å²) in [5.74, 6) is 1.10. The van der Waals surface area contributed by atoms with Crippen molar-refractivity contribution in [1.82, 2.24) is 4.98 Å². The van der Waals surface area contributed by atoms with Crippen LogP contribution >= 0.6 is 27.3 Å². The van der Waals surface area contributed by atoms with Gasteiger partial charge in [-0.3, -0.25) is 0 Å². The lowest BCUT2D eigenvalue weighted by atomic mass is 10.3. The Labute approximate surface area is 120 Å². The Morgan fingerprint density at radius 2 is 2.22 bits per heavy atom. The van der Waals surface area contributed by atoms with Crippen molar-refractivity contribution in [3.05, 3.63) is 44.7 Å². The topological polar surface area (TPSA) is 16.1 Å². The average Bonchev–Trinajstić information content (AvgIpc) is 3.07. The van der Waals surface area contributed by atoms with Crippen LogP contribution < -0.4 is 4.90 Å². The van der Waals surface area contributed by atoms with Gasteiger partial charge in [-0.2, -0.15) is 0 Å². The van der Waals surface area contributed by atoms with Gasteiger partial charge in [-0.15, -0.1) is 11.3 Å². The van der Waals surface area contributed by atoms with Gasteiger partial charge in [-0.25, -0.2) is 4.98 Å². The fraction of sp³-hybridized carbons (Fsp3) is 0.357. The van der Waals surface area contributed by atoms with Crippen LogP contribution in [0.4, 0.5) is 5.82 Å². The van der Waals surface area contributed by atoms with Crippen molar-refractivity contribution in [3.63, 3.8) is 0 Å². The van der Waals surface area contributed by atoms with E-state index in [1.54, 1.807) is 0 Å². The Balaban J connectivity index is 1.86. The van der Waals surface area contributed by atoms with E-state index in [4.69, 9.17) is 4.98 Å². The molecule has 94 valence electrons. The number of halogens is 1. The number of pyridine rings is 1. The molecule has 0 spiro atoms. The van der Waals surface area contributed by atoms with Gasteiger partial charge in [-0.05, 0) is 59.3 Å². The molecule has 4 heteroatoms. The van der Waals surface area contributed by atoms with Crippen molar-refractivity contribution in [3.8, 4) is 0 Å². The number of hydrogen-bond donors (Lipinski definition) is 0. The summed E-state index contributed by atoms with van der Waals surface area (Å²) in [5, 5.41) is 2.14. The Hall–Kier alpha value is -0.870. The summed E-state index contributed by atoms with van der Waals surface area (Å²) in [5.41, 5.74) is 1.06. The molecule has 0 saturated heterocycles. The van der Waals surface area contributed by atoms with Gasteiger partial charge in [0.05, 0.1) is 12.2 Å². The molecular formula is C14H15BrN2S. The van der Waals surface area contributed by atoms with Crippen LogP contribution in [-0.4, -0.2) is 11.0 Å². The number of aryl methyl sites for hydroxylation is 1. The summed E-state index contributed by atoms with van der Waals surface area (Å²) in [7, 11) is 0. The van der Waals surface area contributed by atoms with Crippen molar-refractivity contribution in [1.29, 1.82) is 0 Å². The van der Waals surface area contributed by atoms with Gasteiger partial charge in [-0.1, -0.05) is 6.07 Å². The van der Waals surface area contributed by atoms with E-state index < -0.39 is 0 Å². The van der Waals surface area contributed by atoms with Crippen molar-refractivity contribution < 1.29 is 0 Å². The molecule has 2 aromatic heterocycles. The van der Waals surface area contributed by atoms with Crippen molar-refractivity contribution in [2.75, 3.05) is 4.90 Å². The number of hydrogen-bond acceptors (Lipinski definition) is 3. The molecule has 1 aliphatic rings. The van der Waals surface area contributed by atoms with E-state index in [1.165, 1.54) is 17.7 Å². The molecule has 3 rings (SSSR count). The van der Waals surface area contributed by atoms with Crippen LogP contribution in [-0.2, 0) is 6.54 Å². The summed E-state index contributed by atoms with van der Waals surface area (Å²) in [6, 6.07) is 9.21. The molecule has 1 aliphatic carbocycles. The molecule has 1 saturated carbocycles. The molecule has 18 heavy (non-hydrogen) atoms. The zero-order chi connectivity index (χ0) is 12.5. The lowest BCUT2D eigenvalue weighted by Crippen LogP contribution is -2.25. The molecule has 0 bridgehead atoms. The fourth-order valence-corrected chi connectivity index (χ4v) is 2.97. The fourth-order valence-electron chi connectivity index (χ4n) is 2.04. The third kappa shape index (κ3) is 2.59. The van der Waals surface area contributed by atoms with E-state index in [9.17, 15) is 0 Å². The number of anilines is 1. The largest absolute Gasteiger partial charge is 0.348 e. The predicted octanol–water partition coefficient (Wildman–Crippen LogP) is 4.38. The number of thiophene rings is 1. The van der Waals surface area contributed by atoms with E-state index in [2.05, 4.69) is 50.5 Å². The van der Waals surface area contributed by atoms with E-state index in [1.807, 2.05) is 18.3 Å². The molecule has 2 nitrogen and oxygen atoms in total. The Morgan fingerprint density at radius 3 is 2.83 bits per heavy atom. The molecule has 0 unspecified atom stereocenters. The first-order valence-electron chi connectivity index (χ1n) is 6.16. The molecule has 1 fully saturated rings. The van der Waals surface area contributed by atoms with Gasteiger partial charge in [0.2, 0.25) is 0 Å². The highest BCUT2D eigenvalue weighted by molar-refractivity contribution is 9.10. The summed E-state index contributed by atoms with van der Waals surface area (Å²) in [6.45, 7) is 3.03. The van der Waals surface area contributed by atoms with Gasteiger partial charge in [0.15, 0.2) is 0 Å². The zero-order valence-corrected chi connectivity index (χ0v) is 12.7. The lowest BCUT2D eigenvalue weighted by Gasteiger charge is -2.23. The maximum absolute atomic E-state index is 4.70. The summed E-state index contributed by atoms with van der Waals surface area (Å²) < 4.78 is 1.08. The standard InChI is InChI=1S/C14H15BrN2S/c1-10-13(15)6-7-14(16-10)17(11-4-5-11)9-12-3-2-8-18-12/h2-3,6-8,11H,4-5,9H2,1H3. The third-order valence-corrected chi connectivity index (χ3v) is 4.89. The van der Waals surface area contributed by atoms with Crippen molar-refractivity contribution in [2.45, 2.75) is 32.4 Å². The van der Waals surface area contributed by atoms with Gasteiger partial charge < -0.3 is 4.90 Å². The summed E-state index contributed by atoms with van der Waals surface area (Å²) in [4.78, 5) is 8.54. The predicted molar refractivity (Wildman–Crippen MR) is 80.2 cm³/mol. The molecule has 0 N–H and O–H groups in total. The van der Waals surface area contributed by atoms with Gasteiger partial charge in [0.1, 0.15) is 5.82 Å². The van der Waals surface area contributed by atoms with Gasteiger partial charge >= 0.3 is 0 Å². The Morgan fingerprint density at radius 1 is 1.39 bits per heavy atom. The monoisotopic (exact) mass is 322 g/mol. The van der Waals surface area contributed by atoms with Crippen LogP contribution in [0.1, 0.15) is 23.4 Å². The maximum Gasteiger partial charge on any atom is 0.129 e. The smallest absolute Gasteiger partial charge is 0.129 e. The SMILES string of the molecule is Cc1nc(N(Cc2cccs2)C2CC2)ccc1Br. The second-order valence-electron chi connectivity index (χ2n) is 4.68.